The first-order chi connectivity index (χ1) is 9.04. The number of aryl methyl sites for hydroxylation is 1. The molecule has 0 radical (unpaired) electrons. The quantitative estimate of drug-likeness (QED) is 0.861. The normalized spacial score (nSPS) is 11.0. The van der Waals surface area contributed by atoms with Crippen molar-refractivity contribution < 1.29 is 4.39 Å². The van der Waals surface area contributed by atoms with Gasteiger partial charge in [0.05, 0.1) is 0 Å². The maximum atomic E-state index is 13.4. The van der Waals surface area contributed by atoms with Crippen molar-refractivity contribution >= 4 is 0 Å². The standard InChI is InChI=1S/C17H20FN/c1-12(2)19-11-14-4-6-15(7-5-14)16-8-13(3)9-17(18)10-16/h4-10,12,19H,11H2,1-3H3. The molecule has 0 saturated carbocycles. The third kappa shape index (κ3) is 3.90. The predicted octanol–water partition coefficient (Wildman–Crippen LogP) is 4.30. The van der Waals surface area contributed by atoms with Crippen molar-refractivity contribution in [1.82, 2.24) is 5.32 Å². The molecular formula is C17H20FN. The highest BCUT2D eigenvalue weighted by atomic mass is 19.1. The minimum Gasteiger partial charge on any atom is -0.310 e. The fraction of sp³-hybridized carbons (Fsp3) is 0.294. The summed E-state index contributed by atoms with van der Waals surface area (Å²) >= 11 is 0. The first-order valence-electron chi connectivity index (χ1n) is 6.64. The molecule has 0 amide bonds. The molecular weight excluding hydrogens is 237 g/mol. The van der Waals surface area contributed by atoms with E-state index in [2.05, 4.69) is 31.3 Å². The smallest absolute Gasteiger partial charge is 0.124 e. The number of rotatable bonds is 4. The first kappa shape index (κ1) is 13.8. The van der Waals surface area contributed by atoms with E-state index in [1.807, 2.05) is 25.1 Å². The van der Waals surface area contributed by atoms with Crippen LogP contribution in [0.1, 0.15) is 25.0 Å². The SMILES string of the molecule is Cc1cc(F)cc(-c2ccc(CNC(C)C)cc2)c1. The molecule has 0 spiro atoms. The second-order valence-electron chi connectivity index (χ2n) is 5.25. The fourth-order valence-corrected chi connectivity index (χ4v) is 2.04. The topological polar surface area (TPSA) is 12.0 Å². The van der Waals surface area contributed by atoms with Crippen molar-refractivity contribution in [2.45, 2.75) is 33.4 Å². The maximum Gasteiger partial charge on any atom is 0.124 e. The Kier molecular flexibility index (Phi) is 4.33. The van der Waals surface area contributed by atoms with E-state index in [1.54, 1.807) is 12.1 Å². The first-order valence-corrected chi connectivity index (χ1v) is 6.64. The van der Waals surface area contributed by atoms with E-state index in [9.17, 15) is 4.39 Å². The highest BCUT2D eigenvalue weighted by Gasteiger charge is 2.02. The van der Waals surface area contributed by atoms with Crippen LogP contribution in [0.15, 0.2) is 42.5 Å². The zero-order valence-electron chi connectivity index (χ0n) is 11.7. The summed E-state index contributed by atoms with van der Waals surface area (Å²) in [5.74, 6) is -0.180. The highest BCUT2D eigenvalue weighted by Crippen LogP contribution is 2.22. The molecule has 100 valence electrons. The third-order valence-electron chi connectivity index (χ3n) is 3.04. The molecule has 0 heterocycles. The lowest BCUT2D eigenvalue weighted by atomic mass is 10.0. The lowest BCUT2D eigenvalue weighted by Gasteiger charge is -2.09. The number of benzene rings is 2. The van der Waals surface area contributed by atoms with Crippen LogP contribution < -0.4 is 5.32 Å². The molecule has 2 heteroatoms. The van der Waals surface area contributed by atoms with Gasteiger partial charge in [0, 0.05) is 12.6 Å². The van der Waals surface area contributed by atoms with Gasteiger partial charge in [0.1, 0.15) is 5.82 Å². The molecule has 0 bridgehead atoms. The van der Waals surface area contributed by atoms with Gasteiger partial charge in [-0.3, -0.25) is 0 Å². The Labute approximate surface area is 114 Å². The molecule has 0 saturated heterocycles. The molecule has 1 N–H and O–H groups in total. The summed E-state index contributed by atoms with van der Waals surface area (Å²) in [5, 5.41) is 3.38. The zero-order chi connectivity index (χ0) is 13.8. The molecule has 0 aliphatic carbocycles. The number of hydrogen-bond donors (Lipinski definition) is 1. The third-order valence-corrected chi connectivity index (χ3v) is 3.04. The van der Waals surface area contributed by atoms with Gasteiger partial charge in [0.15, 0.2) is 0 Å². The summed E-state index contributed by atoms with van der Waals surface area (Å²) in [7, 11) is 0. The summed E-state index contributed by atoms with van der Waals surface area (Å²) in [4.78, 5) is 0. The van der Waals surface area contributed by atoms with Gasteiger partial charge in [0.25, 0.3) is 0 Å². The lowest BCUT2D eigenvalue weighted by Crippen LogP contribution is -2.21. The molecule has 2 aromatic rings. The number of nitrogens with one attached hydrogen (secondary N) is 1. The monoisotopic (exact) mass is 257 g/mol. The fourth-order valence-electron chi connectivity index (χ4n) is 2.04. The highest BCUT2D eigenvalue weighted by molar-refractivity contribution is 5.64. The van der Waals surface area contributed by atoms with Gasteiger partial charge in [-0.05, 0) is 41.3 Å². The lowest BCUT2D eigenvalue weighted by molar-refractivity contribution is 0.589. The summed E-state index contributed by atoms with van der Waals surface area (Å²) in [6.45, 7) is 7.03. The Bertz CT molecular complexity index is 523. The van der Waals surface area contributed by atoms with Gasteiger partial charge in [-0.2, -0.15) is 0 Å². The molecule has 0 aromatic heterocycles. The maximum absolute atomic E-state index is 13.4. The Hall–Kier alpha value is -1.67. The molecule has 0 aliphatic heterocycles. The van der Waals surface area contributed by atoms with Crippen LogP contribution in [0.5, 0.6) is 0 Å². The molecule has 0 fully saturated rings. The van der Waals surface area contributed by atoms with Crippen LogP contribution in [-0.4, -0.2) is 6.04 Å². The van der Waals surface area contributed by atoms with Crippen LogP contribution in [0.25, 0.3) is 11.1 Å². The van der Waals surface area contributed by atoms with Crippen molar-refractivity contribution in [2.24, 2.45) is 0 Å². The molecule has 1 nitrogen and oxygen atoms in total. The van der Waals surface area contributed by atoms with Crippen LogP contribution in [0.3, 0.4) is 0 Å². The number of hydrogen-bond acceptors (Lipinski definition) is 1. The second kappa shape index (κ2) is 5.98. The van der Waals surface area contributed by atoms with Crippen LogP contribution in [0.4, 0.5) is 4.39 Å². The molecule has 19 heavy (non-hydrogen) atoms. The van der Waals surface area contributed by atoms with Crippen molar-refractivity contribution in [2.75, 3.05) is 0 Å². The zero-order valence-corrected chi connectivity index (χ0v) is 11.7. The molecule has 0 aliphatic rings. The number of halogens is 1. The van der Waals surface area contributed by atoms with E-state index in [-0.39, 0.29) is 5.82 Å². The van der Waals surface area contributed by atoms with Gasteiger partial charge >= 0.3 is 0 Å². The van der Waals surface area contributed by atoms with E-state index in [0.29, 0.717) is 6.04 Å². The average molecular weight is 257 g/mol. The Balaban J connectivity index is 2.17. The van der Waals surface area contributed by atoms with Crippen LogP contribution >= 0.6 is 0 Å². The van der Waals surface area contributed by atoms with Crippen LogP contribution in [-0.2, 0) is 6.54 Å². The Morgan fingerprint density at radius 3 is 2.26 bits per heavy atom. The molecule has 2 rings (SSSR count). The predicted molar refractivity (Wildman–Crippen MR) is 78.5 cm³/mol. The van der Waals surface area contributed by atoms with Gasteiger partial charge < -0.3 is 5.32 Å². The summed E-state index contributed by atoms with van der Waals surface area (Å²) in [6.07, 6.45) is 0. The molecule has 0 unspecified atom stereocenters. The van der Waals surface area contributed by atoms with Gasteiger partial charge in [-0.1, -0.05) is 44.2 Å². The molecule has 0 atom stereocenters. The summed E-state index contributed by atoms with van der Waals surface area (Å²) in [6, 6.07) is 13.9. The van der Waals surface area contributed by atoms with E-state index in [1.165, 1.54) is 5.56 Å². The van der Waals surface area contributed by atoms with E-state index in [4.69, 9.17) is 0 Å². The largest absolute Gasteiger partial charge is 0.310 e. The van der Waals surface area contributed by atoms with Crippen LogP contribution in [0.2, 0.25) is 0 Å². The Morgan fingerprint density at radius 2 is 1.68 bits per heavy atom. The second-order valence-corrected chi connectivity index (χ2v) is 5.25. The van der Waals surface area contributed by atoms with Gasteiger partial charge in [-0.15, -0.1) is 0 Å². The van der Waals surface area contributed by atoms with Gasteiger partial charge in [-0.25, -0.2) is 4.39 Å². The minimum atomic E-state index is -0.180. The van der Waals surface area contributed by atoms with Gasteiger partial charge in [0.2, 0.25) is 0 Å². The Morgan fingerprint density at radius 1 is 1.00 bits per heavy atom. The molecule has 2 aromatic carbocycles. The summed E-state index contributed by atoms with van der Waals surface area (Å²) in [5.41, 5.74) is 4.17. The van der Waals surface area contributed by atoms with E-state index >= 15 is 0 Å². The van der Waals surface area contributed by atoms with Crippen molar-refractivity contribution in [3.63, 3.8) is 0 Å². The van der Waals surface area contributed by atoms with E-state index < -0.39 is 0 Å². The van der Waals surface area contributed by atoms with Crippen molar-refractivity contribution in [3.05, 3.63) is 59.4 Å². The van der Waals surface area contributed by atoms with Crippen molar-refractivity contribution in [3.8, 4) is 11.1 Å². The summed E-state index contributed by atoms with van der Waals surface area (Å²) < 4.78 is 13.4. The average Bonchev–Trinajstić information content (AvgIpc) is 2.36. The van der Waals surface area contributed by atoms with Crippen molar-refractivity contribution in [1.29, 1.82) is 0 Å². The minimum absolute atomic E-state index is 0.180. The van der Waals surface area contributed by atoms with E-state index in [0.717, 1.165) is 23.2 Å². The van der Waals surface area contributed by atoms with Crippen LogP contribution in [0, 0.1) is 12.7 Å².